The Morgan fingerprint density at radius 2 is 2.14 bits per heavy atom. The highest BCUT2D eigenvalue weighted by Crippen LogP contribution is 2.36. The molecule has 4 heteroatoms. The van der Waals surface area contributed by atoms with Crippen molar-refractivity contribution in [2.24, 2.45) is 5.41 Å². The summed E-state index contributed by atoms with van der Waals surface area (Å²) in [6.45, 7) is 8.11. The second-order valence-corrected chi connectivity index (χ2v) is 6.34. The number of piperidine rings is 1. The Morgan fingerprint density at radius 3 is 2.81 bits per heavy atom. The summed E-state index contributed by atoms with van der Waals surface area (Å²) in [5.41, 5.74) is 0.855. The molecule has 1 fully saturated rings. The maximum absolute atomic E-state index is 11.7. The Kier molecular flexibility index (Phi) is 4.88. The topological polar surface area (TPSA) is 49.8 Å². The first kappa shape index (κ1) is 15.8. The summed E-state index contributed by atoms with van der Waals surface area (Å²) in [5, 5.41) is 9.62. The maximum Gasteiger partial charge on any atom is 0.321 e. The van der Waals surface area contributed by atoms with Gasteiger partial charge in [-0.2, -0.15) is 0 Å². The fraction of sp³-hybridized carbons (Fsp3) is 0.588. The smallest absolute Gasteiger partial charge is 0.321 e. The Morgan fingerprint density at radius 1 is 1.43 bits per heavy atom. The zero-order chi connectivity index (χ0) is 15.5. The van der Waals surface area contributed by atoms with E-state index < -0.39 is 12.0 Å². The van der Waals surface area contributed by atoms with E-state index in [2.05, 4.69) is 4.90 Å². The molecule has 1 saturated heterocycles. The molecule has 21 heavy (non-hydrogen) atoms. The molecule has 1 N–H and O–H groups in total. The van der Waals surface area contributed by atoms with Crippen LogP contribution in [0.4, 0.5) is 0 Å². The number of aliphatic carboxylic acids is 1. The van der Waals surface area contributed by atoms with Crippen LogP contribution in [0.1, 0.15) is 39.2 Å². The van der Waals surface area contributed by atoms with Crippen LogP contribution in [-0.4, -0.2) is 35.2 Å². The molecule has 1 aliphatic rings. The van der Waals surface area contributed by atoms with Crippen molar-refractivity contribution in [3.05, 3.63) is 29.8 Å². The number of ether oxygens (including phenoxy) is 1. The summed E-state index contributed by atoms with van der Waals surface area (Å²) >= 11 is 0. The van der Waals surface area contributed by atoms with E-state index in [1.165, 1.54) is 0 Å². The predicted octanol–water partition coefficient (Wildman–Crippen LogP) is 3.16. The van der Waals surface area contributed by atoms with Crippen LogP contribution in [0.25, 0.3) is 0 Å². The fourth-order valence-electron chi connectivity index (χ4n) is 3.31. The molecular weight excluding hydrogens is 266 g/mol. The van der Waals surface area contributed by atoms with Crippen LogP contribution in [0.2, 0.25) is 0 Å². The molecular formula is C17H25NO3. The minimum Gasteiger partial charge on any atom is -0.494 e. The first-order valence-corrected chi connectivity index (χ1v) is 7.63. The lowest BCUT2D eigenvalue weighted by Crippen LogP contribution is -2.53. The van der Waals surface area contributed by atoms with Gasteiger partial charge in [0, 0.05) is 12.1 Å². The van der Waals surface area contributed by atoms with E-state index >= 15 is 0 Å². The van der Waals surface area contributed by atoms with Crippen molar-refractivity contribution >= 4 is 5.97 Å². The number of benzene rings is 1. The summed E-state index contributed by atoms with van der Waals surface area (Å²) in [7, 11) is 0. The average Bonchev–Trinajstić information content (AvgIpc) is 2.39. The summed E-state index contributed by atoms with van der Waals surface area (Å²) in [5.74, 6) is 0.126. The third-order valence-electron chi connectivity index (χ3n) is 4.25. The van der Waals surface area contributed by atoms with Crippen molar-refractivity contribution in [1.29, 1.82) is 0 Å². The molecule has 1 aromatic carbocycles. The van der Waals surface area contributed by atoms with Gasteiger partial charge in [0.2, 0.25) is 0 Å². The second-order valence-electron chi connectivity index (χ2n) is 6.34. The Labute approximate surface area is 126 Å². The van der Waals surface area contributed by atoms with Crippen molar-refractivity contribution in [2.75, 3.05) is 13.2 Å². The van der Waals surface area contributed by atoms with E-state index in [1.54, 1.807) is 0 Å². The predicted molar refractivity (Wildman–Crippen MR) is 82.5 cm³/mol. The van der Waals surface area contributed by atoms with Gasteiger partial charge in [0.25, 0.3) is 0 Å². The Balaban J connectivity index is 2.23. The van der Waals surface area contributed by atoms with Crippen LogP contribution < -0.4 is 4.74 Å². The van der Waals surface area contributed by atoms with Crippen LogP contribution in [0.15, 0.2) is 24.3 Å². The number of nitrogens with zero attached hydrogens (tertiary/aromatic N) is 1. The van der Waals surface area contributed by atoms with Crippen molar-refractivity contribution < 1.29 is 14.6 Å². The van der Waals surface area contributed by atoms with Gasteiger partial charge in [-0.1, -0.05) is 32.0 Å². The van der Waals surface area contributed by atoms with Crippen LogP contribution in [0, 0.1) is 5.41 Å². The molecule has 116 valence electrons. The molecule has 0 aromatic heterocycles. The minimum atomic E-state index is -0.728. The van der Waals surface area contributed by atoms with Crippen molar-refractivity contribution in [2.45, 2.75) is 46.2 Å². The molecule has 1 aliphatic heterocycles. The lowest BCUT2D eigenvalue weighted by atomic mass is 9.76. The molecule has 4 nitrogen and oxygen atoms in total. The minimum absolute atomic E-state index is 0.204. The number of hydrogen-bond donors (Lipinski definition) is 1. The molecule has 0 saturated carbocycles. The van der Waals surface area contributed by atoms with Gasteiger partial charge < -0.3 is 9.84 Å². The normalized spacial score (nSPS) is 22.0. The summed E-state index contributed by atoms with van der Waals surface area (Å²) in [4.78, 5) is 13.8. The SMILES string of the molecule is CCOc1ccccc1CN1CCCC(C)(C)C1C(=O)O. The van der Waals surface area contributed by atoms with Gasteiger partial charge in [-0.25, -0.2) is 0 Å². The molecule has 1 heterocycles. The highest BCUT2D eigenvalue weighted by molar-refractivity contribution is 5.74. The zero-order valence-electron chi connectivity index (χ0n) is 13.1. The number of carboxylic acids is 1. The van der Waals surface area contributed by atoms with E-state index in [0.29, 0.717) is 13.2 Å². The van der Waals surface area contributed by atoms with Gasteiger partial charge in [-0.05, 0) is 37.8 Å². The molecule has 0 spiro atoms. The first-order chi connectivity index (χ1) is 9.95. The van der Waals surface area contributed by atoms with Gasteiger partial charge >= 0.3 is 5.97 Å². The third-order valence-corrected chi connectivity index (χ3v) is 4.25. The maximum atomic E-state index is 11.7. The Bertz CT molecular complexity index is 499. The highest BCUT2D eigenvalue weighted by atomic mass is 16.5. The van der Waals surface area contributed by atoms with Gasteiger partial charge in [0.1, 0.15) is 11.8 Å². The van der Waals surface area contributed by atoms with Crippen LogP contribution >= 0.6 is 0 Å². The molecule has 0 amide bonds. The number of para-hydroxylation sites is 1. The standard InChI is InChI=1S/C17H25NO3/c1-4-21-14-9-6-5-8-13(14)12-18-11-7-10-17(2,3)15(18)16(19)20/h5-6,8-9,15H,4,7,10-12H2,1-3H3,(H,19,20). The number of rotatable bonds is 5. The van der Waals surface area contributed by atoms with Crippen LogP contribution in [0.5, 0.6) is 5.75 Å². The van der Waals surface area contributed by atoms with E-state index in [4.69, 9.17) is 4.74 Å². The van der Waals surface area contributed by atoms with E-state index in [9.17, 15) is 9.90 Å². The first-order valence-electron chi connectivity index (χ1n) is 7.63. The lowest BCUT2D eigenvalue weighted by molar-refractivity contribution is -0.151. The summed E-state index contributed by atoms with van der Waals surface area (Å²) < 4.78 is 5.65. The van der Waals surface area contributed by atoms with E-state index in [-0.39, 0.29) is 5.41 Å². The van der Waals surface area contributed by atoms with E-state index in [1.807, 2.05) is 45.0 Å². The van der Waals surface area contributed by atoms with Gasteiger partial charge in [-0.15, -0.1) is 0 Å². The van der Waals surface area contributed by atoms with Crippen molar-refractivity contribution in [3.8, 4) is 5.75 Å². The van der Waals surface area contributed by atoms with Crippen molar-refractivity contribution in [1.82, 2.24) is 4.90 Å². The van der Waals surface area contributed by atoms with Crippen LogP contribution in [-0.2, 0) is 11.3 Å². The van der Waals surface area contributed by atoms with Crippen LogP contribution in [0.3, 0.4) is 0 Å². The molecule has 0 aliphatic carbocycles. The Hall–Kier alpha value is -1.55. The van der Waals surface area contributed by atoms with Gasteiger partial charge in [0.05, 0.1) is 6.61 Å². The monoisotopic (exact) mass is 291 g/mol. The number of carbonyl (C=O) groups is 1. The summed E-state index contributed by atoms with van der Waals surface area (Å²) in [6.07, 6.45) is 1.99. The fourth-order valence-corrected chi connectivity index (χ4v) is 3.31. The lowest BCUT2D eigenvalue weighted by Gasteiger charge is -2.44. The molecule has 0 bridgehead atoms. The number of likely N-dealkylation sites (tertiary alicyclic amines) is 1. The summed E-state index contributed by atoms with van der Waals surface area (Å²) in [6, 6.07) is 7.45. The molecule has 1 aromatic rings. The third kappa shape index (κ3) is 3.56. The van der Waals surface area contributed by atoms with Crippen molar-refractivity contribution in [3.63, 3.8) is 0 Å². The van der Waals surface area contributed by atoms with Gasteiger partial charge in [-0.3, -0.25) is 9.69 Å². The molecule has 1 atom stereocenters. The van der Waals surface area contributed by atoms with Gasteiger partial charge in [0.15, 0.2) is 0 Å². The zero-order valence-corrected chi connectivity index (χ0v) is 13.1. The van der Waals surface area contributed by atoms with E-state index in [0.717, 1.165) is 30.7 Å². The quantitative estimate of drug-likeness (QED) is 0.905. The highest BCUT2D eigenvalue weighted by Gasteiger charge is 2.42. The number of hydrogen-bond acceptors (Lipinski definition) is 3. The molecule has 2 rings (SSSR count). The largest absolute Gasteiger partial charge is 0.494 e. The average molecular weight is 291 g/mol. The number of carboxylic acid groups (broad SMARTS) is 1. The second kappa shape index (κ2) is 6.48. The molecule has 1 unspecified atom stereocenters. The molecule has 0 radical (unpaired) electrons.